The van der Waals surface area contributed by atoms with Crippen LogP contribution in [-0.2, 0) is 19.1 Å². The monoisotopic (exact) mass is 994 g/mol. The lowest BCUT2D eigenvalue weighted by Crippen LogP contribution is -2.35. The Kier molecular flexibility index (Phi) is 19.1. The third-order valence-corrected chi connectivity index (χ3v) is 13.3. The highest BCUT2D eigenvalue weighted by atomic mass is 16.5. The number of pyridine rings is 2. The quantitative estimate of drug-likeness (QED) is 0.0360. The highest BCUT2D eigenvalue weighted by molar-refractivity contribution is 5.99. The van der Waals surface area contributed by atoms with Crippen LogP contribution in [0.4, 0.5) is 0 Å². The highest BCUT2D eigenvalue weighted by Gasteiger charge is 2.34. The van der Waals surface area contributed by atoms with Crippen LogP contribution >= 0.6 is 0 Å². The van der Waals surface area contributed by atoms with Crippen LogP contribution < -0.4 is 14.2 Å². The van der Waals surface area contributed by atoms with Crippen LogP contribution in [0.15, 0.2) is 97.3 Å². The Balaban J connectivity index is 0.000000271. The summed E-state index contributed by atoms with van der Waals surface area (Å²) >= 11 is 0. The van der Waals surface area contributed by atoms with Gasteiger partial charge in [-0.2, -0.15) is 4.73 Å². The van der Waals surface area contributed by atoms with Gasteiger partial charge in [-0.3, -0.25) is 19.2 Å². The summed E-state index contributed by atoms with van der Waals surface area (Å²) in [5, 5.41) is 32.7. The molecule has 0 saturated heterocycles. The smallest absolute Gasteiger partial charge is 0.309 e. The Morgan fingerprint density at radius 2 is 0.890 bits per heavy atom. The summed E-state index contributed by atoms with van der Waals surface area (Å²) in [6.07, 6.45) is 1.03. The van der Waals surface area contributed by atoms with Gasteiger partial charge in [-0.15, -0.1) is 0 Å². The molecular weight excluding hydrogens is 925 g/mol. The van der Waals surface area contributed by atoms with Crippen molar-refractivity contribution in [1.29, 1.82) is 0 Å². The molecule has 386 valence electrons. The molecule has 2 heterocycles. The zero-order valence-corrected chi connectivity index (χ0v) is 44.6. The first-order valence-electron chi connectivity index (χ1n) is 24.4. The van der Waals surface area contributed by atoms with Crippen molar-refractivity contribution in [2.45, 2.75) is 120 Å². The molecule has 2 N–H and O–H groups in total. The predicted octanol–water partition coefficient (Wildman–Crippen LogP) is 11.2. The third kappa shape index (κ3) is 13.7. The van der Waals surface area contributed by atoms with Crippen molar-refractivity contribution < 1.29 is 53.1 Å². The maximum Gasteiger partial charge on any atom is 0.309 e. The second-order valence-electron chi connectivity index (χ2n) is 19.4. The van der Waals surface area contributed by atoms with E-state index in [0.29, 0.717) is 0 Å². The van der Waals surface area contributed by atoms with E-state index in [1.165, 1.54) is 43.7 Å². The molecule has 2 aromatic heterocycles. The minimum Gasteiger partial charge on any atom is -0.618 e. The van der Waals surface area contributed by atoms with Gasteiger partial charge in [0.1, 0.15) is 12.2 Å². The van der Waals surface area contributed by atoms with Gasteiger partial charge in [0.05, 0.1) is 26.1 Å². The maximum absolute atomic E-state index is 13.1. The van der Waals surface area contributed by atoms with E-state index in [1.807, 2.05) is 53.7 Å². The number of aromatic nitrogens is 2. The molecule has 13 nitrogen and oxygen atoms in total. The topological polar surface area (TPSA) is 185 Å². The standard InChI is InChI=1S/C30H35NO6.C30H35NO5/c1-17-8-10-23(19(3)14-17)27(24-11-9-18(2)15-20(24)4)22(6)37-30(34)21(5)16-25(32)28-29(33)26(36-7)12-13-31(28)35;1-17-8-10-23(19(3)14-17)27(24-11-9-18(2)15-20(24)4)22(6)36-30(34)21(5)16-25(32)28-29(33)26(35-7)12-13-31-28/h8-15,21-22,27,33H,16H2,1-7H3;8-15,21-22,27,33H,16H2,1-7H3/t2*21-,22+/m11/s1. The van der Waals surface area contributed by atoms with E-state index >= 15 is 0 Å². The molecule has 0 amide bonds. The number of esters is 2. The van der Waals surface area contributed by atoms with Crippen molar-refractivity contribution in [2.24, 2.45) is 11.8 Å². The van der Waals surface area contributed by atoms with Gasteiger partial charge in [0.25, 0.3) is 0 Å². The molecule has 0 unspecified atom stereocenters. The van der Waals surface area contributed by atoms with Crippen LogP contribution in [0.1, 0.15) is 140 Å². The number of carbonyl (C=O) groups is 4. The minimum absolute atomic E-state index is 0.00378. The molecule has 13 heteroatoms. The van der Waals surface area contributed by atoms with E-state index in [0.717, 1.165) is 61.8 Å². The minimum atomic E-state index is -0.834. The van der Waals surface area contributed by atoms with Crippen molar-refractivity contribution in [3.63, 3.8) is 0 Å². The molecule has 4 aromatic carbocycles. The van der Waals surface area contributed by atoms with Gasteiger partial charge in [-0.1, -0.05) is 109 Å². The lowest BCUT2D eigenvalue weighted by atomic mass is 9.82. The number of carbonyl (C=O) groups excluding carboxylic acids is 4. The summed E-state index contributed by atoms with van der Waals surface area (Å²) in [5.74, 6) is -4.81. The number of rotatable bonds is 18. The maximum atomic E-state index is 13.1. The fourth-order valence-corrected chi connectivity index (χ4v) is 9.43. The van der Waals surface area contributed by atoms with E-state index in [9.17, 15) is 34.6 Å². The van der Waals surface area contributed by atoms with Gasteiger partial charge in [0, 0.05) is 43.0 Å². The van der Waals surface area contributed by atoms with Gasteiger partial charge in [0.2, 0.25) is 11.5 Å². The number of hydrogen-bond donors (Lipinski definition) is 2. The van der Waals surface area contributed by atoms with Crippen LogP contribution in [-0.4, -0.2) is 65.1 Å². The van der Waals surface area contributed by atoms with Crippen LogP contribution in [0.3, 0.4) is 0 Å². The van der Waals surface area contributed by atoms with E-state index < -0.39 is 59.0 Å². The van der Waals surface area contributed by atoms with Crippen LogP contribution in [0.25, 0.3) is 0 Å². The Morgan fingerprint density at radius 3 is 1.25 bits per heavy atom. The molecule has 0 aliphatic heterocycles. The summed E-state index contributed by atoms with van der Waals surface area (Å²) in [7, 11) is 2.72. The Morgan fingerprint density at radius 1 is 0.534 bits per heavy atom. The van der Waals surface area contributed by atoms with Crippen LogP contribution in [0.2, 0.25) is 0 Å². The Hall–Kier alpha value is -7.54. The number of ketones is 2. The molecule has 0 aliphatic rings. The SMILES string of the molecule is COc1cc[n+]([O-])c(C(=O)C[C@@H](C)C(=O)O[C@@H](C)C(c2ccc(C)cc2C)c2ccc(C)cc2C)c1O.COc1ccnc(C(=O)C[C@@H](C)C(=O)O[C@@H](C)C(c2ccc(C)cc2C)c2ccc(C)cc2C)c1O. The number of Topliss-reactive ketones (excluding diaryl/α,β-unsaturated/α-hetero) is 2. The summed E-state index contributed by atoms with van der Waals surface area (Å²) < 4.78 is 22.2. The third-order valence-electron chi connectivity index (χ3n) is 13.3. The highest BCUT2D eigenvalue weighted by Crippen LogP contribution is 2.38. The van der Waals surface area contributed by atoms with Crippen molar-refractivity contribution >= 4 is 23.5 Å². The van der Waals surface area contributed by atoms with Crippen molar-refractivity contribution in [3.05, 3.63) is 181 Å². The van der Waals surface area contributed by atoms with Gasteiger partial charge in [-0.05, 0) is 114 Å². The van der Waals surface area contributed by atoms with E-state index in [2.05, 4.69) is 93.3 Å². The first-order chi connectivity index (χ1) is 34.5. The fraction of sp³-hybridized carbons (Fsp3) is 0.367. The number of hydrogen-bond acceptors (Lipinski definition) is 12. The molecule has 4 atom stereocenters. The molecule has 6 aromatic rings. The van der Waals surface area contributed by atoms with Crippen LogP contribution in [0.5, 0.6) is 23.0 Å². The molecule has 0 bridgehead atoms. The summed E-state index contributed by atoms with van der Waals surface area (Å²) in [4.78, 5) is 55.8. The lowest BCUT2D eigenvalue weighted by molar-refractivity contribution is -0.608. The number of nitrogens with zero attached hydrogens (tertiary/aromatic N) is 2. The second kappa shape index (κ2) is 24.7. The molecule has 0 fully saturated rings. The molecule has 0 spiro atoms. The van der Waals surface area contributed by atoms with Gasteiger partial charge in [0.15, 0.2) is 34.9 Å². The first-order valence-corrected chi connectivity index (χ1v) is 24.4. The van der Waals surface area contributed by atoms with E-state index in [-0.39, 0.29) is 52.4 Å². The Bertz CT molecular complexity index is 2880. The summed E-state index contributed by atoms with van der Waals surface area (Å²) in [6.45, 7) is 23.4. The lowest BCUT2D eigenvalue weighted by Gasteiger charge is -2.29. The van der Waals surface area contributed by atoms with Crippen molar-refractivity contribution in [3.8, 4) is 23.0 Å². The average molecular weight is 995 g/mol. The van der Waals surface area contributed by atoms with E-state index in [4.69, 9.17) is 18.9 Å². The second-order valence-corrected chi connectivity index (χ2v) is 19.4. The Labute approximate surface area is 429 Å². The average Bonchev–Trinajstić information content (AvgIpc) is 3.32. The molecule has 0 aliphatic carbocycles. The zero-order chi connectivity index (χ0) is 54.0. The van der Waals surface area contributed by atoms with Crippen LogP contribution in [0, 0.1) is 72.4 Å². The molecule has 6 rings (SSSR count). The molecular formula is C60H70N2O11. The molecule has 73 heavy (non-hydrogen) atoms. The van der Waals surface area contributed by atoms with Gasteiger partial charge < -0.3 is 34.4 Å². The number of benzene rings is 4. The summed E-state index contributed by atoms with van der Waals surface area (Å²) in [6, 6.07) is 27.8. The normalized spacial score (nSPS) is 12.8. The molecule has 0 saturated carbocycles. The largest absolute Gasteiger partial charge is 0.618 e. The van der Waals surface area contributed by atoms with E-state index in [1.54, 1.807) is 13.8 Å². The van der Waals surface area contributed by atoms with Gasteiger partial charge in [-0.25, -0.2) is 4.98 Å². The number of methoxy groups -OCH3 is 2. The van der Waals surface area contributed by atoms with Crippen molar-refractivity contribution in [1.82, 2.24) is 4.98 Å². The fourth-order valence-electron chi connectivity index (χ4n) is 9.43. The molecule has 0 radical (unpaired) electrons. The van der Waals surface area contributed by atoms with Crippen molar-refractivity contribution in [2.75, 3.05) is 14.2 Å². The number of aryl methyl sites for hydroxylation is 8. The first kappa shape index (κ1) is 56.4. The number of ether oxygens (including phenoxy) is 4. The zero-order valence-electron chi connectivity index (χ0n) is 44.6. The summed E-state index contributed by atoms with van der Waals surface area (Å²) in [5.41, 5.74) is 12.8. The number of aromatic hydroxyl groups is 2. The van der Waals surface area contributed by atoms with Gasteiger partial charge >= 0.3 is 17.6 Å². The predicted molar refractivity (Wildman–Crippen MR) is 281 cm³/mol.